The summed E-state index contributed by atoms with van der Waals surface area (Å²) in [6.07, 6.45) is -0.0148. The largest absolute Gasteiger partial charge is 0.450 e. The number of ether oxygens (including phenoxy) is 1. The van der Waals surface area contributed by atoms with Gasteiger partial charge in [-0.1, -0.05) is 55.6 Å². The van der Waals surface area contributed by atoms with Crippen molar-refractivity contribution in [3.63, 3.8) is 0 Å². The number of carbonyl (C=O) groups is 4. The summed E-state index contributed by atoms with van der Waals surface area (Å²) in [5, 5.41) is 0.793. The Morgan fingerprint density at radius 2 is 1.57 bits per heavy atom. The molecule has 12 heteroatoms. The molecule has 1 aromatic heterocycles. The van der Waals surface area contributed by atoms with E-state index in [9.17, 15) is 23.6 Å². The first-order valence-electron chi connectivity index (χ1n) is 14.5. The number of aromatic nitrogens is 1. The first kappa shape index (κ1) is 32.7. The molecule has 1 saturated heterocycles. The van der Waals surface area contributed by atoms with E-state index in [1.165, 1.54) is 17.0 Å². The number of fused-ring (bicyclic) bond motifs is 2. The van der Waals surface area contributed by atoms with Gasteiger partial charge in [0.1, 0.15) is 5.82 Å². The Morgan fingerprint density at radius 3 is 2.17 bits per heavy atom. The fraction of sp³-hybridized carbons (Fsp3) is 0.265. The van der Waals surface area contributed by atoms with Crippen LogP contribution in [0.4, 0.5) is 10.1 Å². The summed E-state index contributed by atoms with van der Waals surface area (Å²) in [5.74, 6) is -2.91. The number of amides is 2. The highest BCUT2D eigenvalue weighted by Gasteiger charge is 2.52. The molecule has 6 rings (SSSR count). The highest BCUT2D eigenvalue weighted by atomic mass is 79.9. The van der Waals surface area contributed by atoms with Crippen molar-refractivity contribution in [1.29, 1.82) is 0 Å². The Morgan fingerprint density at radius 1 is 0.935 bits per heavy atom. The number of hydrogen-bond acceptors (Lipinski definition) is 6. The molecule has 0 radical (unpaired) electrons. The number of esters is 1. The lowest BCUT2D eigenvalue weighted by molar-refractivity contribution is -0.122. The van der Waals surface area contributed by atoms with Gasteiger partial charge in [0, 0.05) is 43.5 Å². The SMILES string of the molecule is O=C(OC(CCCl)C(=O)c1ccc(F)cc1)c1cc(-c2ccc(N3C(=O)C4CC(Br)C(Br)CC4C3=O)cc2)nc2ccc(Cl)cc12. The normalized spacial score (nSPS) is 21.7. The van der Waals surface area contributed by atoms with E-state index in [1.54, 1.807) is 48.5 Å². The first-order chi connectivity index (χ1) is 22.0. The van der Waals surface area contributed by atoms with Gasteiger partial charge < -0.3 is 4.74 Å². The Kier molecular flexibility index (Phi) is 9.62. The highest BCUT2D eigenvalue weighted by molar-refractivity contribution is 9.12. The minimum absolute atomic E-state index is 0.0440. The van der Waals surface area contributed by atoms with E-state index in [-0.39, 0.29) is 56.7 Å². The van der Waals surface area contributed by atoms with Gasteiger partial charge in [0.05, 0.1) is 34.3 Å². The zero-order chi connectivity index (χ0) is 32.7. The molecule has 2 aliphatic rings. The molecule has 1 saturated carbocycles. The number of imide groups is 1. The predicted octanol–water partition coefficient (Wildman–Crippen LogP) is 8.16. The number of alkyl halides is 3. The van der Waals surface area contributed by atoms with Gasteiger partial charge in [-0.05, 0) is 73.5 Å². The third kappa shape index (κ3) is 6.37. The van der Waals surface area contributed by atoms with Gasteiger partial charge in [-0.15, -0.1) is 11.6 Å². The fourth-order valence-electron chi connectivity index (χ4n) is 5.98. The second kappa shape index (κ2) is 13.5. The average Bonchev–Trinajstić information content (AvgIpc) is 3.28. The van der Waals surface area contributed by atoms with E-state index < -0.39 is 23.7 Å². The summed E-state index contributed by atoms with van der Waals surface area (Å²) in [4.78, 5) is 59.6. The van der Waals surface area contributed by atoms with E-state index in [0.717, 1.165) is 12.1 Å². The lowest BCUT2D eigenvalue weighted by Gasteiger charge is -2.29. The van der Waals surface area contributed by atoms with Crippen molar-refractivity contribution >= 4 is 95.2 Å². The second-order valence-corrected chi connectivity index (χ2v) is 14.4. The van der Waals surface area contributed by atoms with E-state index in [1.807, 2.05) is 0 Å². The summed E-state index contributed by atoms with van der Waals surface area (Å²) in [5.41, 5.74) is 2.26. The van der Waals surface area contributed by atoms with Crippen LogP contribution in [0.1, 0.15) is 40.0 Å². The molecule has 2 fully saturated rings. The van der Waals surface area contributed by atoms with Gasteiger partial charge in [-0.2, -0.15) is 0 Å². The Bertz CT molecular complexity index is 1830. The number of benzene rings is 3. The second-order valence-electron chi connectivity index (χ2n) is 11.2. The maximum absolute atomic E-state index is 13.7. The van der Waals surface area contributed by atoms with E-state index >= 15 is 0 Å². The van der Waals surface area contributed by atoms with Gasteiger partial charge in [0.15, 0.2) is 6.10 Å². The number of halogens is 5. The van der Waals surface area contributed by atoms with Gasteiger partial charge in [-0.25, -0.2) is 14.2 Å². The number of pyridine rings is 1. The number of anilines is 1. The molecule has 0 bridgehead atoms. The number of carbonyl (C=O) groups excluding carboxylic acids is 4. The van der Waals surface area contributed by atoms with Crippen molar-refractivity contribution in [3.8, 4) is 11.3 Å². The van der Waals surface area contributed by atoms with Crippen molar-refractivity contribution < 1.29 is 28.3 Å². The summed E-state index contributed by atoms with van der Waals surface area (Å²) in [6, 6.07) is 18.2. The van der Waals surface area contributed by atoms with Crippen LogP contribution in [0, 0.1) is 17.7 Å². The van der Waals surface area contributed by atoms with Crippen LogP contribution < -0.4 is 4.90 Å². The van der Waals surface area contributed by atoms with Crippen molar-refractivity contribution in [1.82, 2.24) is 4.98 Å². The fourth-order valence-corrected chi connectivity index (χ4v) is 7.59. The topological polar surface area (TPSA) is 93.6 Å². The molecule has 1 aliphatic carbocycles. The molecule has 0 N–H and O–H groups in total. The Balaban J connectivity index is 1.30. The Labute approximate surface area is 290 Å². The number of hydrogen-bond donors (Lipinski definition) is 0. The molecular formula is C34H25Br2Cl2FN2O5. The van der Waals surface area contributed by atoms with Crippen LogP contribution in [0.15, 0.2) is 72.8 Å². The van der Waals surface area contributed by atoms with E-state index in [0.29, 0.717) is 45.7 Å². The molecule has 3 aromatic carbocycles. The zero-order valence-electron chi connectivity index (χ0n) is 24.0. The monoisotopic (exact) mass is 788 g/mol. The standard InChI is InChI=1S/C34H25Br2Cl2FN2O5/c35-26-14-23-24(15-27(26)36)33(44)41(32(23)43)21-8-3-17(4-9-21)29-16-25(22-13-19(38)5-10-28(22)40-29)34(45)46-30(11-12-37)31(42)18-1-6-20(39)7-2-18/h1-10,13,16,23-24,26-27,30H,11-12,14-15H2. The number of nitrogens with zero attached hydrogens (tertiary/aromatic N) is 2. The zero-order valence-corrected chi connectivity index (χ0v) is 28.7. The molecule has 5 unspecified atom stereocenters. The van der Waals surface area contributed by atoms with Crippen molar-refractivity contribution in [2.45, 2.75) is 35.0 Å². The molecule has 5 atom stereocenters. The molecule has 236 valence electrons. The van der Waals surface area contributed by atoms with Crippen molar-refractivity contribution in [2.75, 3.05) is 10.8 Å². The molecule has 7 nitrogen and oxygen atoms in total. The van der Waals surface area contributed by atoms with Crippen LogP contribution in [0.5, 0.6) is 0 Å². The number of ketones is 1. The lowest BCUT2D eigenvalue weighted by Crippen LogP contribution is -2.34. The number of rotatable bonds is 8. The van der Waals surface area contributed by atoms with Crippen LogP contribution in [-0.2, 0) is 14.3 Å². The molecular weight excluding hydrogens is 766 g/mol. The quantitative estimate of drug-likeness (QED) is 0.0775. The molecule has 0 spiro atoms. The van der Waals surface area contributed by atoms with Crippen LogP contribution in [0.2, 0.25) is 5.02 Å². The maximum atomic E-state index is 13.7. The van der Waals surface area contributed by atoms with Crippen molar-refractivity contribution in [2.24, 2.45) is 11.8 Å². The molecule has 4 aromatic rings. The van der Waals surface area contributed by atoms with Gasteiger partial charge in [-0.3, -0.25) is 19.3 Å². The van der Waals surface area contributed by atoms with E-state index in [4.69, 9.17) is 32.9 Å². The molecule has 46 heavy (non-hydrogen) atoms. The predicted molar refractivity (Wildman–Crippen MR) is 182 cm³/mol. The minimum Gasteiger partial charge on any atom is -0.450 e. The van der Waals surface area contributed by atoms with Crippen LogP contribution in [0.3, 0.4) is 0 Å². The van der Waals surface area contributed by atoms with Crippen molar-refractivity contribution in [3.05, 3.63) is 94.8 Å². The van der Waals surface area contributed by atoms with Crippen LogP contribution in [0.25, 0.3) is 22.2 Å². The first-order valence-corrected chi connectivity index (χ1v) is 17.2. The van der Waals surface area contributed by atoms with Gasteiger partial charge in [0.25, 0.3) is 0 Å². The maximum Gasteiger partial charge on any atom is 0.339 e. The molecule has 2 heterocycles. The molecule has 2 amide bonds. The summed E-state index contributed by atoms with van der Waals surface area (Å²) < 4.78 is 19.2. The van der Waals surface area contributed by atoms with Gasteiger partial charge in [0.2, 0.25) is 17.6 Å². The highest BCUT2D eigenvalue weighted by Crippen LogP contribution is 2.44. The Hall–Kier alpha value is -3.18. The molecule has 1 aliphatic heterocycles. The van der Waals surface area contributed by atoms with Crippen LogP contribution >= 0.6 is 55.1 Å². The summed E-state index contributed by atoms with van der Waals surface area (Å²) in [6.45, 7) is 0. The third-order valence-electron chi connectivity index (χ3n) is 8.37. The summed E-state index contributed by atoms with van der Waals surface area (Å²) in [7, 11) is 0. The lowest BCUT2D eigenvalue weighted by atomic mass is 9.81. The average molecular weight is 791 g/mol. The third-order valence-corrected chi connectivity index (χ3v) is 11.6. The summed E-state index contributed by atoms with van der Waals surface area (Å²) >= 11 is 19.4. The minimum atomic E-state index is -1.21. The van der Waals surface area contributed by atoms with Crippen LogP contribution in [-0.4, -0.2) is 50.2 Å². The number of Topliss-reactive ketones (excluding diaryl/α,β-unsaturated/α-hetero) is 1. The van der Waals surface area contributed by atoms with E-state index in [2.05, 4.69) is 31.9 Å². The van der Waals surface area contributed by atoms with Gasteiger partial charge >= 0.3 is 5.97 Å². The smallest absolute Gasteiger partial charge is 0.339 e.